The van der Waals surface area contributed by atoms with E-state index in [9.17, 15) is 19.5 Å². The number of halogens is 1. The van der Waals surface area contributed by atoms with Crippen molar-refractivity contribution in [1.82, 2.24) is 4.90 Å². The fourth-order valence-corrected chi connectivity index (χ4v) is 4.59. The summed E-state index contributed by atoms with van der Waals surface area (Å²) in [5.74, 6) is -0.877. The van der Waals surface area contributed by atoms with Crippen LogP contribution in [0.15, 0.2) is 64.0 Å². The van der Waals surface area contributed by atoms with Gasteiger partial charge in [-0.05, 0) is 62.9 Å². The number of nitrogens with zero attached hydrogens (tertiary/aromatic N) is 1. The lowest BCUT2D eigenvalue weighted by Gasteiger charge is -2.13. The number of ether oxygens (including phenoxy) is 1. The van der Waals surface area contributed by atoms with Crippen LogP contribution in [0.5, 0.6) is 11.5 Å². The summed E-state index contributed by atoms with van der Waals surface area (Å²) >= 11 is 3.98. The van der Waals surface area contributed by atoms with E-state index in [2.05, 4.69) is 21.2 Å². The molecule has 0 atom stereocenters. The Kier molecular flexibility index (Phi) is 6.20. The highest BCUT2D eigenvalue weighted by atomic mass is 79.9. The number of aromatic hydroxyl groups is 1. The van der Waals surface area contributed by atoms with Crippen LogP contribution < -0.4 is 10.1 Å². The molecule has 3 amide bonds. The van der Waals surface area contributed by atoms with Crippen molar-refractivity contribution in [2.45, 2.75) is 0 Å². The number of anilines is 1. The molecule has 1 fully saturated rings. The Morgan fingerprint density at radius 1 is 1.19 bits per heavy atom. The molecule has 3 aromatic rings. The molecule has 1 heterocycles. The number of hydrogen-bond acceptors (Lipinski definition) is 6. The molecule has 1 saturated heterocycles. The summed E-state index contributed by atoms with van der Waals surface area (Å²) in [7, 11) is 1.41. The Morgan fingerprint density at radius 2 is 1.94 bits per heavy atom. The largest absolute Gasteiger partial charge is 0.503 e. The highest BCUT2D eigenvalue weighted by Crippen LogP contribution is 2.38. The molecule has 0 bridgehead atoms. The van der Waals surface area contributed by atoms with E-state index >= 15 is 0 Å². The van der Waals surface area contributed by atoms with Crippen molar-refractivity contribution < 1.29 is 24.2 Å². The molecule has 0 aliphatic carbocycles. The molecule has 1 aliphatic rings. The summed E-state index contributed by atoms with van der Waals surface area (Å²) in [6, 6.07) is 16.3. The molecule has 32 heavy (non-hydrogen) atoms. The van der Waals surface area contributed by atoms with Gasteiger partial charge < -0.3 is 15.2 Å². The molecule has 7 nitrogen and oxygen atoms in total. The van der Waals surface area contributed by atoms with Crippen LogP contribution in [0.3, 0.4) is 0 Å². The topological polar surface area (TPSA) is 95.9 Å². The predicted molar refractivity (Wildman–Crippen MR) is 128 cm³/mol. The van der Waals surface area contributed by atoms with Crippen LogP contribution in [0.4, 0.5) is 10.5 Å². The van der Waals surface area contributed by atoms with Crippen LogP contribution in [0, 0.1) is 0 Å². The summed E-state index contributed by atoms with van der Waals surface area (Å²) in [6.45, 7) is -0.395. The molecule has 1 aliphatic heterocycles. The Morgan fingerprint density at radius 3 is 2.72 bits per heavy atom. The Hall–Kier alpha value is -3.30. The van der Waals surface area contributed by atoms with Gasteiger partial charge in [0.05, 0.1) is 16.5 Å². The van der Waals surface area contributed by atoms with E-state index in [0.717, 1.165) is 27.4 Å². The van der Waals surface area contributed by atoms with Crippen molar-refractivity contribution in [3.05, 3.63) is 69.5 Å². The van der Waals surface area contributed by atoms with E-state index in [1.165, 1.54) is 13.2 Å². The Balaban J connectivity index is 1.51. The van der Waals surface area contributed by atoms with Crippen LogP contribution in [0.1, 0.15) is 5.56 Å². The number of thioether (sulfide) groups is 1. The maximum absolute atomic E-state index is 12.8. The van der Waals surface area contributed by atoms with Crippen molar-refractivity contribution in [2.75, 3.05) is 19.0 Å². The second-order valence-electron chi connectivity index (χ2n) is 6.90. The van der Waals surface area contributed by atoms with Crippen LogP contribution in [-0.4, -0.2) is 40.7 Å². The van der Waals surface area contributed by atoms with E-state index in [0.29, 0.717) is 15.7 Å². The average molecular weight is 513 g/mol. The normalized spacial score (nSPS) is 14.9. The maximum atomic E-state index is 12.8. The number of phenols is 1. The first kappa shape index (κ1) is 21.9. The number of carbonyl (C=O) groups excluding carboxylic acids is 3. The number of carbonyl (C=O) groups is 3. The molecular weight excluding hydrogens is 496 g/mol. The first-order valence-electron chi connectivity index (χ1n) is 9.47. The van der Waals surface area contributed by atoms with Gasteiger partial charge in [-0.25, -0.2) is 0 Å². The van der Waals surface area contributed by atoms with Gasteiger partial charge in [-0.1, -0.05) is 36.4 Å². The minimum Gasteiger partial charge on any atom is -0.503 e. The fourth-order valence-electron chi connectivity index (χ4n) is 3.29. The molecule has 0 radical (unpaired) electrons. The number of rotatable bonds is 5. The summed E-state index contributed by atoms with van der Waals surface area (Å²) in [5, 5.41) is 14.0. The van der Waals surface area contributed by atoms with Gasteiger partial charge in [-0.2, -0.15) is 0 Å². The first-order valence-corrected chi connectivity index (χ1v) is 11.1. The average Bonchev–Trinajstić information content (AvgIpc) is 3.03. The lowest BCUT2D eigenvalue weighted by molar-refractivity contribution is -0.127. The number of methoxy groups -OCH3 is 1. The van der Waals surface area contributed by atoms with Gasteiger partial charge in [0.15, 0.2) is 11.5 Å². The monoisotopic (exact) mass is 512 g/mol. The highest BCUT2D eigenvalue weighted by Gasteiger charge is 2.36. The third-order valence-electron chi connectivity index (χ3n) is 4.81. The van der Waals surface area contributed by atoms with Crippen molar-refractivity contribution in [2.24, 2.45) is 0 Å². The first-order chi connectivity index (χ1) is 15.4. The quantitative estimate of drug-likeness (QED) is 0.467. The molecule has 0 aromatic heterocycles. The van der Waals surface area contributed by atoms with Gasteiger partial charge in [0.1, 0.15) is 6.54 Å². The maximum Gasteiger partial charge on any atom is 0.294 e. The number of phenolic OH excluding ortho intramolecular Hbond substituents is 1. The summed E-state index contributed by atoms with van der Waals surface area (Å²) in [4.78, 5) is 38.9. The van der Waals surface area contributed by atoms with Gasteiger partial charge in [-0.15, -0.1) is 0 Å². The molecule has 0 saturated carbocycles. The van der Waals surface area contributed by atoms with E-state index in [4.69, 9.17) is 4.74 Å². The summed E-state index contributed by atoms with van der Waals surface area (Å²) in [5.41, 5.74) is 1.16. The SMILES string of the molecule is COc1cc(C=C2SC(=O)N(CC(=O)Nc3cccc4ccccc34)C2=O)cc(Br)c1O. The molecule has 0 unspecified atom stereocenters. The van der Waals surface area contributed by atoms with E-state index in [-0.39, 0.29) is 16.4 Å². The number of imide groups is 1. The molecule has 9 heteroatoms. The van der Waals surface area contributed by atoms with Gasteiger partial charge in [-0.3, -0.25) is 19.3 Å². The third kappa shape index (κ3) is 4.35. The van der Waals surface area contributed by atoms with Crippen molar-refractivity contribution >= 4 is 67.3 Å². The van der Waals surface area contributed by atoms with Crippen molar-refractivity contribution in [3.8, 4) is 11.5 Å². The minimum atomic E-state index is -0.559. The summed E-state index contributed by atoms with van der Waals surface area (Å²) < 4.78 is 5.49. The van der Waals surface area contributed by atoms with Crippen molar-refractivity contribution in [1.29, 1.82) is 0 Å². The molecule has 2 N–H and O–H groups in total. The number of amides is 3. The third-order valence-corrected chi connectivity index (χ3v) is 6.32. The second-order valence-corrected chi connectivity index (χ2v) is 8.74. The fraction of sp³-hybridized carbons (Fsp3) is 0.0870. The standard InChI is InChI=1S/C23H17BrN2O5S/c1-31-18-10-13(9-16(24)21(18)28)11-19-22(29)26(23(30)32-19)12-20(27)25-17-8-4-6-14-5-2-3-7-15(14)17/h2-11,28H,12H2,1H3,(H,25,27). The summed E-state index contributed by atoms with van der Waals surface area (Å²) in [6.07, 6.45) is 1.51. The van der Waals surface area contributed by atoms with Crippen LogP contribution in [0.25, 0.3) is 16.8 Å². The van der Waals surface area contributed by atoms with Crippen molar-refractivity contribution in [3.63, 3.8) is 0 Å². The lowest BCUT2D eigenvalue weighted by Crippen LogP contribution is -2.36. The van der Waals surface area contributed by atoms with Crippen LogP contribution in [0.2, 0.25) is 0 Å². The minimum absolute atomic E-state index is 0.0668. The zero-order chi connectivity index (χ0) is 22.8. The van der Waals surface area contributed by atoms with E-state index < -0.39 is 23.6 Å². The van der Waals surface area contributed by atoms with Crippen LogP contribution in [-0.2, 0) is 9.59 Å². The second kappa shape index (κ2) is 9.05. The lowest BCUT2D eigenvalue weighted by atomic mass is 10.1. The number of fused-ring (bicyclic) bond motifs is 1. The zero-order valence-corrected chi connectivity index (χ0v) is 19.2. The van der Waals surface area contributed by atoms with Gasteiger partial charge in [0.25, 0.3) is 11.1 Å². The highest BCUT2D eigenvalue weighted by molar-refractivity contribution is 9.10. The van der Waals surface area contributed by atoms with Gasteiger partial charge >= 0.3 is 0 Å². The molecule has 3 aromatic carbocycles. The van der Waals surface area contributed by atoms with Gasteiger partial charge in [0, 0.05) is 11.1 Å². The molecule has 162 valence electrons. The molecule has 0 spiro atoms. The number of nitrogens with one attached hydrogen (secondary N) is 1. The van der Waals surface area contributed by atoms with Crippen LogP contribution >= 0.6 is 27.7 Å². The zero-order valence-electron chi connectivity index (χ0n) is 16.8. The van der Waals surface area contributed by atoms with E-state index in [1.807, 2.05) is 36.4 Å². The predicted octanol–water partition coefficient (Wildman–Crippen LogP) is 4.99. The number of hydrogen-bond donors (Lipinski definition) is 2. The van der Waals surface area contributed by atoms with E-state index in [1.54, 1.807) is 18.2 Å². The Labute approximate surface area is 196 Å². The molecule has 4 rings (SSSR count). The Bertz CT molecular complexity index is 1290. The van der Waals surface area contributed by atoms with Gasteiger partial charge in [0.2, 0.25) is 5.91 Å². The number of benzene rings is 3. The molecular formula is C23H17BrN2O5S. The smallest absolute Gasteiger partial charge is 0.294 e.